The molecule has 0 fully saturated rings. The second-order valence-electron chi connectivity index (χ2n) is 3.27. The number of halogens is 3. The number of rotatable bonds is 6. The molecule has 0 aliphatic heterocycles. The van der Waals surface area contributed by atoms with Gasteiger partial charge in [0.2, 0.25) is 0 Å². The van der Waals surface area contributed by atoms with Gasteiger partial charge in [0.15, 0.2) is 0 Å². The van der Waals surface area contributed by atoms with E-state index in [1.807, 2.05) is 10.8 Å². The monoisotopic (exact) mass is 221 g/mol. The Morgan fingerprint density at radius 1 is 1.27 bits per heavy atom. The van der Waals surface area contributed by atoms with Gasteiger partial charge in [-0.15, -0.1) is 0 Å². The first-order chi connectivity index (χ1) is 7.08. The first kappa shape index (κ1) is 12.0. The summed E-state index contributed by atoms with van der Waals surface area (Å²) in [4.78, 5) is 3.86. The highest BCUT2D eigenvalue weighted by atomic mass is 19.4. The molecule has 0 amide bonds. The summed E-state index contributed by atoms with van der Waals surface area (Å²) in [5, 5.41) is 2.95. The van der Waals surface area contributed by atoms with Crippen LogP contribution in [0.4, 0.5) is 13.2 Å². The molecule has 86 valence electrons. The minimum atomic E-state index is -4.04. The van der Waals surface area contributed by atoms with Gasteiger partial charge in [0.1, 0.15) is 0 Å². The fourth-order valence-electron chi connectivity index (χ4n) is 1.17. The van der Waals surface area contributed by atoms with Crippen molar-refractivity contribution in [2.45, 2.75) is 25.6 Å². The topological polar surface area (TPSA) is 29.9 Å². The lowest BCUT2D eigenvalue weighted by molar-refractivity contribution is -0.135. The summed E-state index contributed by atoms with van der Waals surface area (Å²) in [6.07, 6.45) is 0.545. The van der Waals surface area contributed by atoms with E-state index in [1.165, 1.54) is 0 Å². The Hall–Kier alpha value is -1.04. The van der Waals surface area contributed by atoms with Gasteiger partial charge in [0, 0.05) is 31.9 Å². The van der Waals surface area contributed by atoms with Gasteiger partial charge in [0.25, 0.3) is 0 Å². The fourth-order valence-corrected chi connectivity index (χ4v) is 1.17. The van der Waals surface area contributed by atoms with Crippen LogP contribution in [-0.2, 0) is 6.54 Å². The Balaban J connectivity index is 1.94. The lowest BCUT2D eigenvalue weighted by atomic mass is 10.3. The van der Waals surface area contributed by atoms with Crippen molar-refractivity contribution in [2.75, 3.05) is 13.1 Å². The molecule has 1 N–H and O–H groups in total. The molecule has 0 saturated carbocycles. The van der Waals surface area contributed by atoms with Crippen molar-refractivity contribution in [3.05, 3.63) is 18.7 Å². The predicted octanol–water partition coefficient (Wildman–Crippen LogP) is 1.82. The van der Waals surface area contributed by atoms with Crippen LogP contribution in [0.2, 0.25) is 0 Å². The molecule has 1 aromatic heterocycles. The van der Waals surface area contributed by atoms with Gasteiger partial charge >= 0.3 is 6.18 Å². The molecule has 1 aromatic rings. The standard InChI is InChI=1S/C9H14F3N3/c10-9(11,12)2-1-3-13-4-6-15-7-5-14-8-15/h5,7-8,13H,1-4,6H2. The number of nitrogens with one attached hydrogen (secondary N) is 1. The Morgan fingerprint density at radius 2 is 2.07 bits per heavy atom. The average molecular weight is 221 g/mol. The SMILES string of the molecule is FC(F)(F)CCCNCCn1ccnc1. The molecule has 0 aliphatic carbocycles. The van der Waals surface area contributed by atoms with E-state index in [2.05, 4.69) is 10.3 Å². The fraction of sp³-hybridized carbons (Fsp3) is 0.667. The maximum atomic E-state index is 11.7. The number of alkyl halides is 3. The Labute approximate surface area is 86.3 Å². The molecule has 0 atom stereocenters. The molecule has 0 unspecified atom stereocenters. The van der Waals surface area contributed by atoms with E-state index in [9.17, 15) is 13.2 Å². The molecule has 0 aliphatic rings. The van der Waals surface area contributed by atoms with Crippen LogP contribution in [-0.4, -0.2) is 28.8 Å². The minimum Gasteiger partial charge on any atom is -0.336 e. The van der Waals surface area contributed by atoms with E-state index in [1.54, 1.807) is 12.5 Å². The molecule has 0 aromatic carbocycles. The molecule has 1 rings (SSSR count). The molecule has 3 nitrogen and oxygen atoms in total. The largest absolute Gasteiger partial charge is 0.389 e. The quantitative estimate of drug-likeness (QED) is 0.742. The van der Waals surface area contributed by atoms with Crippen LogP contribution in [0.3, 0.4) is 0 Å². The van der Waals surface area contributed by atoms with E-state index in [-0.39, 0.29) is 6.42 Å². The molecule has 6 heteroatoms. The molecule has 0 spiro atoms. The summed E-state index contributed by atoms with van der Waals surface area (Å²) in [7, 11) is 0. The van der Waals surface area contributed by atoms with Crippen LogP contribution in [0.1, 0.15) is 12.8 Å². The molecule has 15 heavy (non-hydrogen) atoms. The number of aromatic nitrogens is 2. The van der Waals surface area contributed by atoms with Crippen LogP contribution in [0.5, 0.6) is 0 Å². The van der Waals surface area contributed by atoms with Gasteiger partial charge in [-0.1, -0.05) is 0 Å². The van der Waals surface area contributed by atoms with Gasteiger partial charge in [-0.3, -0.25) is 0 Å². The van der Waals surface area contributed by atoms with Gasteiger partial charge in [-0.2, -0.15) is 13.2 Å². The van der Waals surface area contributed by atoms with Crippen LogP contribution >= 0.6 is 0 Å². The van der Waals surface area contributed by atoms with E-state index in [4.69, 9.17) is 0 Å². The highest BCUT2D eigenvalue weighted by molar-refractivity contribution is 4.74. The van der Waals surface area contributed by atoms with E-state index >= 15 is 0 Å². The summed E-state index contributed by atoms with van der Waals surface area (Å²) in [6, 6.07) is 0. The summed E-state index contributed by atoms with van der Waals surface area (Å²) < 4.78 is 37.1. The van der Waals surface area contributed by atoms with Crippen LogP contribution < -0.4 is 5.32 Å². The summed E-state index contributed by atoms with van der Waals surface area (Å²) >= 11 is 0. The van der Waals surface area contributed by atoms with Gasteiger partial charge < -0.3 is 9.88 Å². The first-order valence-corrected chi connectivity index (χ1v) is 4.81. The number of nitrogens with zero attached hydrogens (tertiary/aromatic N) is 2. The highest BCUT2D eigenvalue weighted by Crippen LogP contribution is 2.20. The smallest absolute Gasteiger partial charge is 0.336 e. The van der Waals surface area contributed by atoms with E-state index in [0.29, 0.717) is 13.1 Å². The Morgan fingerprint density at radius 3 is 2.67 bits per heavy atom. The minimum absolute atomic E-state index is 0.132. The summed E-state index contributed by atoms with van der Waals surface area (Å²) in [5.74, 6) is 0. The Bertz CT molecular complexity index is 256. The van der Waals surface area contributed by atoms with Crippen LogP contribution in [0.25, 0.3) is 0 Å². The molecular formula is C9H14F3N3. The summed E-state index contributed by atoms with van der Waals surface area (Å²) in [5.41, 5.74) is 0. The van der Waals surface area contributed by atoms with E-state index < -0.39 is 12.6 Å². The lowest BCUT2D eigenvalue weighted by Gasteiger charge is -2.07. The third-order valence-electron chi connectivity index (χ3n) is 1.92. The third kappa shape index (κ3) is 6.11. The maximum Gasteiger partial charge on any atom is 0.389 e. The van der Waals surface area contributed by atoms with Crippen LogP contribution in [0.15, 0.2) is 18.7 Å². The summed E-state index contributed by atoms with van der Waals surface area (Å²) in [6.45, 7) is 1.79. The molecule has 0 radical (unpaired) electrons. The number of hydrogen-bond acceptors (Lipinski definition) is 2. The van der Waals surface area contributed by atoms with Gasteiger partial charge in [-0.25, -0.2) is 4.98 Å². The van der Waals surface area contributed by atoms with Crippen molar-refractivity contribution in [1.82, 2.24) is 14.9 Å². The van der Waals surface area contributed by atoms with Crippen LogP contribution in [0, 0.1) is 0 Å². The van der Waals surface area contributed by atoms with Crippen molar-refractivity contribution in [1.29, 1.82) is 0 Å². The van der Waals surface area contributed by atoms with Crippen molar-refractivity contribution in [3.8, 4) is 0 Å². The van der Waals surface area contributed by atoms with Gasteiger partial charge in [0.05, 0.1) is 6.33 Å². The predicted molar refractivity (Wildman–Crippen MR) is 50.4 cm³/mol. The number of hydrogen-bond donors (Lipinski definition) is 1. The third-order valence-corrected chi connectivity index (χ3v) is 1.92. The van der Waals surface area contributed by atoms with Crippen molar-refractivity contribution in [2.24, 2.45) is 0 Å². The lowest BCUT2D eigenvalue weighted by Crippen LogP contribution is -2.22. The highest BCUT2D eigenvalue weighted by Gasteiger charge is 2.25. The normalized spacial score (nSPS) is 11.9. The zero-order chi connectivity index (χ0) is 11.1. The zero-order valence-electron chi connectivity index (χ0n) is 8.30. The van der Waals surface area contributed by atoms with Crippen molar-refractivity contribution >= 4 is 0 Å². The first-order valence-electron chi connectivity index (χ1n) is 4.81. The zero-order valence-corrected chi connectivity index (χ0v) is 8.30. The molecular weight excluding hydrogens is 207 g/mol. The van der Waals surface area contributed by atoms with Crippen molar-refractivity contribution in [3.63, 3.8) is 0 Å². The maximum absolute atomic E-state index is 11.7. The average Bonchev–Trinajstić information content (AvgIpc) is 2.61. The Kier molecular flexibility index (Phi) is 4.61. The number of imidazole rings is 1. The van der Waals surface area contributed by atoms with Crippen molar-refractivity contribution < 1.29 is 13.2 Å². The second-order valence-corrected chi connectivity index (χ2v) is 3.27. The molecule has 0 bridgehead atoms. The molecule has 1 heterocycles. The second kappa shape index (κ2) is 5.75. The van der Waals surface area contributed by atoms with Gasteiger partial charge in [-0.05, 0) is 13.0 Å². The molecule has 0 saturated heterocycles. The van der Waals surface area contributed by atoms with E-state index in [0.717, 1.165) is 6.54 Å².